The molecule has 0 saturated heterocycles. The maximum Gasteiger partial charge on any atom is 0.256 e. The number of nitrogens with zero attached hydrogens (tertiary/aromatic N) is 2. The molecule has 1 aromatic heterocycles. The normalized spacial score (nSPS) is 14.9. The molecule has 4 rings (SSSR count). The van der Waals surface area contributed by atoms with Crippen molar-refractivity contribution in [3.8, 4) is 17.2 Å². The van der Waals surface area contributed by atoms with Crippen LogP contribution in [0.1, 0.15) is 35.5 Å². The molecule has 0 spiro atoms. The summed E-state index contributed by atoms with van der Waals surface area (Å²) in [5.74, 6) is 1.37. The first-order valence-electron chi connectivity index (χ1n) is 9.92. The van der Waals surface area contributed by atoms with E-state index in [9.17, 15) is 13.4 Å². The van der Waals surface area contributed by atoms with Gasteiger partial charge in [0.05, 0.1) is 36.1 Å². The van der Waals surface area contributed by atoms with Crippen LogP contribution in [0.15, 0.2) is 42.5 Å². The van der Waals surface area contributed by atoms with Gasteiger partial charge in [0.2, 0.25) is 0 Å². The van der Waals surface area contributed by atoms with Crippen LogP contribution in [0.4, 0.5) is 10.2 Å². The second kappa shape index (κ2) is 8.89. The van der Waals surface area contributed by atoms with Gasteiger partial charge >= 0.3 is 0 Å². The third-order valence-corrected chi connectivity index (χ3v) is 5.98. The number of fused-ring (bicyclic) bond motifs is 1. The van der Waals surface area contributed by atoms with Gasteiger partial charge in [-0.05, 0) is 56.3 Å². The zero-order valence-corrected chi connectivity index (χ0v) is 18.0. The van der Waals surface area contributed by atoms with Gasteiger partial charge in [-0.3, -0.25) is 9.00 Å². The highest BCUT2D eigenvalue weighted by molar-refractivity contribution is 7.83. The van der Waals surface area contributed by atoms with E-state index in [-0.39, 0.29) is 11.7 Å². The van der Waals surface area contributed by atoms with Crippen LogP contribution < -0.4 is 14.8 Å². The number of carbonyl (C=O) groups is 1. The van der Waals surface area contributed by atoms with E-state index in [1.807, 2.05) is 13.8 Å². The number of benzene rings is 2. The molecule has 31 heavy (non-hydrogen) atoms. The molecule has 1 aliphatic rings. The number of hydrogen-bond acceptors (Lipinski definition) is 5. The quantitative estimate of drug-likeness (QED) is 0.600. The molecule has 9 heteroatoms. The first-order chi connectivity index (χ1) is 15.0. The Morgan fingerprint density at radius 3 is 2.52 bits per heavy atom. The molecule has 1 unspecified atom stereocenters. The van der Waals surface area contributed by atoms with Crippen molar-refractivity contribution in [2.24, 2.45) is 0 Å². The third-order valence-electron chi connectivity index (χ3n) is 4.78. The van der Waals surface area contributed by atoms with Gasteiger partial charge in [-0.25, -0.2) is 9.07 Å². The predicted molar refractivity (Wildman–Crippen MR) is 116 cm³/mol. The van der Waals surface area contributed by atoms with Crippen molar-refractivity contribution in [3.05, 3.63) is 65.1 Å². The van der Waals surface area contributed by atoms with Gasteiger partial charge in [0, 0.05) is 21.9 Å². The Morgan fingerprint density at radius 1 is 1.10 bits per heavy atom. The average molecular weight is 444 g/mol. The zero-order valence-electron chi connectivity index (χ0n) is 17.2. The number of rotatable bonds is 7. The lowest BCUT2D eigenvalue weighted by Crippen LogP contribution is -2.17. The third kappa shape index (κ3) is 4.32. The summed E-state index contributed by atoms with van der Waals surface area (Å²) in [7, 11) is -1.06. The first-order valence-corrected chi connectivity index (χ1v) is 11.4. The van der Waals surface area contributed by atoms with Crippen LogP contribution in [0, 0.1) is 5.82 Å². The van der Waals surface area contributed by atoms with Crippen molar-refractivity contribution in [2.75, 3.05) is 18.5 Å². The molecule has 0 saturated carbocycles. The lowest BCUT2D eigenvalue weighted by Gasteiger charge is -2.14. The Labute approximate surface area is 181 Å². The van der Waals surface area contributed by atoms with Crippen LogP contribution in [-0.4, -0.2) is 33.1 Å². The molecular weight excluding hydrogens is 421 g/mol. The van der Waals surface area contributed by atoms with E-state index in [0.717, 1.165) is 5.56 Å². The molecule has 0 radical (unpaired) electrons. The van der Waals surface area contributed by atoms with E-state index in [1.165, 1.54) is 12.1 Å². The summed E-state index contributed by atoms with van der Waals surface area (Å²) in [6.07, 6.45) is 0. The standard InChI is InChI=1S/C22H22FN3O4S/c1-3-29-19-10-5-14(11-20(19)30-4-2)22(27)24-21-17-12-31(28)13-18(17)25-26(21)16-8-6-15(23)7-9-16/h5-11H,3-4,12-13H2,1-2H3,(H,24,27). The Morgan fingerprint density at radius 2 is 1.81 bits per heavy atom. The van der Waals surface area contributed by atoms with E-state index in [4.69, 9.17) is 9.47 Å². The fourth-order valence-electron chi connectivity index (χ4n) is 3.40. The van der Waals surface area contributed by atoms with Gasteiger partial charge in [-0.2, -0.15) is 5.10 Å². The van der Waals surface area contributed by atoms with Crippen molar-refractivity contribution in [1.29, 1.82) is 0 Å². The topological polar surface area (TPSA) is 82.5 Å². The minimum absolute atomic E-state index is 0.305. The van der Waals surface area contributed by atoms with Crippen LogP contribution in [-0.2, 0) is 22.3 Å². The smallest absolute Gasteiger partial charge is 0.256 e. The number of amides is 1. The lowest BCUT2D eigenvalue weighted by molar-refractivity contribution is 0.102. The largest absolute Gasteiger partial charge is 0.490 e. The summed E-state index contributed by atoms with van der Waals surface area (Å²) in [6, 6.07) is 10.8. The second-order valence-electron chi connectivity index (χ2n) is 6.87. The molecule has 7 nitrogen and oxygen atoms in total. The Balaban J connectivity index is 1.69. The first kappa shape index (κ1) is 21.0. The minimum Gasteiger partial charge on any atom is -0.490 e. The molecule has 0 fully saturated rings. The van der Waals surface area contributed by atoms with Crippen LogP contribution >= 0.6 is 0 Å². The van der Waals surface area contributed by atoms with Gasteiger partial charge < -0.3 is 14.8 Å². The molecular formula is C22H22FN3O4S. The molecule has 1 aliphatic heterocycles. The fourth-order valence-corrected chi connectivity index (χ4v) is 4.66. The number of carbonyl (C=O) groups excluding carboxylic acids is 1. The van der Waals surface area contributed by atoms with Crippen molar-refractivity contribution in [3.63, 3.8) is 0 Å². The number of halogens is 1. The molecule has 0 bridgehead atoms. The molecule has 1 atom stereocenters. The molecule has 162 valence electrons. The average Bonchev–Trinajstić information content (AvgIpc) is 3.27. The molecule has 3 aromatic rings. The molecule has 2 heterocycles. The molecule has 1 amide bonds. The summed E-state index contributed by atoms with van der Waals surface area (Å²) in [6.45, 7) is 4.64. The number of nitrogens with one attached hydrogen (secondary N) is 1. The van der Waals surface area contributed by atoms with E-state index in [2.05, 4.69) is 10.4 Å². The highest BCUT2D eigenvalue weighted by Gasteiger charge is 2.28. The van der Waals surface area contributed by atoms with Crippen LogP contribution in [0.2, 0.25) is 0 Å². The van der Waals surface area contributed by atoms with Gasteiger partial charge in [-0.1, -0.05) is 0 Å². The zero-order chi connectivity index (χ0) is 22.0. The summed E-state index contributed by atoms with van der Waals surface area (Å²) in [5, 5.41) is 7.41. The maximum atomic E-state index is 13.4. The Bertz CT molecular complexity index is 1140. The van der Waals surface area contributed by atoms with E-state index in [1.54, 1.807) is 35.0 Å². The number of anilines is 1. The van der Waals surface area contributed by atoms with Gasteiger partial charge in [0.1, 0.15) is 11.6 Å². The molecule has 2 aromatic carbocycles. The fraction of sp³-hybridized carbons (Fsp3) is 0.273. The predicted octanol–water partition coefficient (Wildman–Crippen LogP) is 3.82. The lowest BCUT2D eigenvalue weighted by atomic mass is 10.1. The summed E-state index contributed by atoms with van der Waals surface area (Å²) in [4.78, 5) is 13.1. The molecule has 0 aliphatic carbocycles. The van der Waals surface area contributed by atoms with E-state index >= 15 is 0 Å². The summed E-state index contributed by atoms with van der Waals surface area (Å²) < 4.78 is 38.1. The van der Waals surface area contributed by atoms with Crippen molar-refractivity contribution in [1.82, 2.24) is 9.78 Å². The van der Waals surface area contributed by atoms with Crippen LogP contribution in [0.5, 0.6) is 11.5 Å². The van der Waals surface area contributed by atoms with Crippen LogP contribution in [0.25, 0.3) is 5.69 Å². The van der Waals surface area contributed by atoms with Gasteiger partial charge in [0.15, 0.2) is 11.5 Å². The van der Waals surface area contributed by atoms with Gasteiger partial charge in [-0.15, -0.1) is 0 Å². The Hall–Kier alpha value is -3.20. The SMILES string of the molecule is CCOc1ccc(C(=O)Nc2c3c(nn2-c2ccc(F)cc2)CS(=O)C3)cc1OCC. The summed E-state index contributed by atoms with van der Waals surface area (Å²) >= 11 is 0. The van der Waals surface area contributed by atoms with Crippen molar-refractivity contribution < 1.29 is 22.9 Å². The highest BCUT2D eigenvalue weighted by atomic mass is 32.2. The van der Waals surface area contributed by atoms with Gasteiger partial charge in [0.25, 0.3) is 5.91 Å². The van der Waals surface area contributed by atoms with Crippen molar-refractivity contribution in [2.45, 2.75) is 25.4 Å². The number of ether oxygens (including phenoxy) is 2. The molecule has 1 N–H and O–H groups in total. The number of hydrogen-bond donors (Lipinski definition) is 1. The van der Waals surface area contributed by atoms with Crippen molar-refractivity contribution >= 4 is 22.5 Å². The van der Waals surface area contributed by atoms with E-state index in [0.29, 0.717) is 59.0 Å². The van der Waals surface area contributed by atoms with Crippen LogP contribution in [0.3, 0.4) is 0 Å². The summed E-state index contributed by atoms with van der Waals surface area (Å²) in [5.41, 5.74) is 2.37. The van der Waals surface area contributed by atoms with E-state index < -0.39 is 10.8 Å². The second-order valence-corrected chi connectivity index (χ2v) is 8.33. The minimum atomic E-state index is -1.06. The Kier molecular flexibility index (Phi) is 6.03. The highest BCUT2D eigenvalue weighted by Crippen LogP contribution is 2.33. The monoisotopic (exact) mass is 443 g/mol. The number of aromatic nitrogens is 2. The maximum absolute atomic E-state index is 13.4.